The number of hydrogen-bond donors (Lipinski definition) is 1. The summed E-state index contributed by atoms with van der Waals surface area (Å²) in [5, 5.41) is 2.50. The second-order valence-electron chi connectivity index (χ2n) is 6.07. The van der Waals surface area contributed by atoms with Gasteiger partial charge in [-0.05, 0) is 11.1 Å². The predicted molar refractivity (Wildman–Crippen MR) is 105 cm³/mol. The van der Waals surface area contributed by atoms with Gasteiger partial charge in [0.15, 0.2) is 0 Å². The van der Waals surface area contributed by atoms with Gasteiger partial charge in [-0.15, -0.1) is 11.6 Å². The number of carbonyl (C=O) groups excluding carboxylic acids is 2. The molecule has 1 heterocycles. The number of amides is 2. The first kappa shape index (κ1) is 19.7. The van der Waals surface area contributed by atoms with Gasteiger partial charge in [-0.1, -0.05) is 60.7 Å². The van der Waals surface area contributed by atoms with Gasteiger partial charge in [0.2, 0.25) is 5.96 Å². The van der Waals surface area contributed by atoms with Crippen LogP contribution in [0, 0.1) is 0 Å². The highest BCUT2D eigenvalue weighted by Gasteiger charge is 2.35. The van der Waals surface area contributed by atoms with Crippen molar-refractivity contribution in [1.82, 2.24) is 10.2 Å². The lowest BCUT2D eigenvalue weighted by Crippen LogP contribution is -2.49. The predicted octanol–water partition coefficient (Wildman–Crippen LogP) is 3.53. The van der Waals surface area contributed by atoms with Gasteiger partial charge >= 0.3 is 12.2 Å². The lowest BCUT2D eigenvalue weighted by atomic mass is 10.2. The number of aliphatic imine (C=N–C) groups is 1. The Bertz CT molecular complexity index is 830. The van der Waals surface area contributed by atoms with Crippen LogP contribution in [0.25, 0.3) is 0 Å². The van der Waals surface area contributed by atoms with E-state index in [4.69, 9.17) is 21.1 Å². The van der Waals surface area contributed by atoms with Crippen molar-refractivity contribution in [2.24, 2.45) is 4.99 Å². The molecule has 28 heavy (non-hydrogen) atoms. The van der Waals surface area contributed by atoms with Gasteiger partial charge in [-0.25, -0.2) is 19.5 Å². The maximum atomic E-state index is 12.5. The Balaban J connectivity index is 1.56. The molecule has 7 nitrogen and oxygen atoms in total. The smallest absolute Gasteiger partial charge is 0.417 e. The van der Waals surface area contributed by atoms with Crippen molar-refractivity contribution in [3.63, 3.8) is 0 Å². The van der Waals surface area contributed by atoms with E-state index in [2.05, 4.69) is 10.3 Å². The van der Waals surface area contributed by atoms with Crippen molar-refractivity contribution >= 4 is 29.7 Å². The van der Waals surface area contributed by atoms with Gasteiger partial charge in [-0.2, -0.15) is 0 Å². The van der Waals surface area contributed by atoms with Crippen LogP contribution in [0.2, 0.25) is 0 Å². The zero-order chi connectivity index (χ0) is 19.8. The molecule has 0 aliphatic carbocycles. The number of ether oxygens (including phenoxy) is 2. The Morgan fingerprint density at radius 1 is 1.00 bits per heavy atom. The van der Waals surface area contributed by atoms with E-state index < -0.39 is 18.2 Å². The molecule has 1 unspecified atom stereocenters. The first-order valence-corrected chi connectivity index (χ1v) is 9.29. The fourth-order valence-electron chi connectivity index (χ4n) is 2.62. The van der Waals surface area contributed by atoms with Crippen LogP contribution in [0.4, 0.5) is 9.59 Å². The number of hydrogen-bond acceptors (Lipinski definition) is 5. The SMILES string of the molecule is O=C(NC1=NCC(CCl)N1C(=O)OCc1ccccc1)OCc1ccccc1. The third-order valence-corrected chi connectivity index (χ3v) is 4.41. The summed E-state index contributed by atoms with van der Waals surface area (Å²) < 4.78 is 10.5. The molecule has 8 heteroatoms. The molecule has 1 N–H and O–H groups in total. The van der Waals surface area contributed by atoms with Gasteiger partial charge in [0.05, 0.1) is 12.6 Å². The van der Waals surface area contributed by atoms with Crippen molar-refractivity contribution in [3.8, 4) is 0 Å². The monoisotopic (exact) mass is 401 g/mol. The highest BCUT2D eigenvalue weighted by atomic mass is 35.5. The van der Waals surface area contributed by atoms with Gasteiger partial charge in [0, 0.05) is 5.88 Å². The summed E-state index contributed by atoms with van der Waals surface area (Å²) in [6.07, 6.45) is -1.34. The second kappa shape index (κ2) is 9.75. The van der Waals surface area contributed by atoms with Gasteiger partial charge in [-0.3, -0.25) is 5.32 Å². The minimum Gasteiger partial charge on any atom is -0.444 e. The first-order chi connectivity index (χ1) is 13.7. The quantitative estimate of drug-likeness (QED) is 0.777. The average molecular weight is 402 g/mol. The highest BCUT2D eigenvalue weighted by Crippen LogP contribution is 2.14. The van der Waals surface area contributed by atoms with E-state index in [1.54, 1.807) is 0 Å². The molecule has 1 aliphatic heterocycles. The Labute approximate surface area is 167 Å². The number of carbonyl (C=O) groups is 2. The molecule has 0 spiro atoms. The number of nitrogens with zero attached hydrogens (tertiary/aromatic N) is 2. The van der Waals surface area contributed by atoms with Crippen LogP contribution in [-0.2, 0) is 22.7 Å². The summed E-state index contributed by atoms with van der Waals surface area (Å²) in [5.74, 6) is 0.232. The summed E-state index contributed by atoms with van der Waals surface area (Å²) >= 11 is 5.94. The van der Waals surface area contributed by atoms with Crippen molar-refractivity contribution < 1.29 is 19.1 Å². The Hall–Kier alpha value is -3.06. The Kier molecular flexibility index (Phi) is 6.86. The Morgan fingerprint density at radius 3 is 2.14 bits per heavy atom. The van der Waals surface area contributed by atoms with Crippen LogP contribution in [0.1, 0.15) is 11.1 Å². The number of benzene rings is 2. The van der Waals surface area contributed by atoms with E-state index >= 15 is 0 Å². The van der Waals surface area contributed by atoms with Gasteiger partial charge in [0.25, 0.3) is 0 Å². The molecular weight excluding hydrogens is 382 g/mol. The molecule has 2 aromatic rings. The van der Waals surface area contributed by atoms with E-state index in [0.29, 0.717) is 0 Å². The molecule has 2 aromatic carbocycles. The lowest BCUT2D eigenvalue weighted by Gasteiger charge is -2.23. The number of guanidine groups is 1. The maximum absolute atomic E-state index is 12.5. The molecule has 0 aromatic heterocycles. The van der Waals surface area contributed by atoms with Crippen molar-refractivity contribution in [3.05, 3.63) is 71.8 Å². The van der Waals surface area contributed by atoms with Gasteiger partial charge < -0.3 is 9.47 Å². The molecule has 3 rings (SSSR count). The number of halogens is 1. The third-order valence-electron chi connectivity index (χ3n) is 4.05. The first-order valence-electron chi connectivity index (χ1n) is 8.75. The average Bonchev–Trinajstić information content (AvgIpc) is 3.14. The number of nitrogens with one attached hydrogen (secondary N) is 1. The summed E-state index contributed by atoms with van der Waals surface area (Å²) in [5.41, 5.74) is 1.70. The molecule has 0 radical (unpaired) electrons. The number of alkyl halides is 1. The second-order valence-corrected chi connectivity index (χ2v) is 6.38. The fraction of sp³-hybridized carbons (Fsp3) is 0.250. The molecule has 2 amide bonds. The Morgan fingerprint density at radius 2 is 1.57 bits per heavy atom. The minimum absolute atomic E-state index is 0.0711. The molecule has 0 fully saturated rings. The largest absolute Gasteiger partial charge is 0.444 e. The molecule has 1 atom stereocenters. The van der Waals surface area contributed by atoms with Crippen molar-refractivity contribution in [1.29, 1.82) is 0 Å². The van der Waals surface area contributed by atoms with E-state index in [0.717, 1.165) is 11.1 Å². The molecule has 0 saturated heterocycles. The van der Waals surface area contributed by atoms with Gasteiger partial charge in [0.1, 0.15) is 13.2 Å². The summed E-state index contributed by atoms with van der Waals surface area (Å²) in [6, 6.07) is 18.2. The zero-order valence-electron chi connectivity index (χ0n) is 15.1. The van der Waals surface area contributed by atoms with Crippen LogP contribution < -0.4 is 5.32 Å². The van der Waals surface area contributed by atoms with Crippen LogP contribution in [0.3, 0.4) is 0 Å². The molecule has 0 saturated carbocycles. The molecule has 1 aliphatic rings. The zero-order valence-corrected chi connectivity index (χ0v) is 15.8. The number of rotatable bonds is 5. The standard InChI is InChI=1S/C20H20ClN3O4/c21-11-17-12-22-18(23-19(25)27-13-15-7-3-1-4-8-15)24(17)20(26)28-14-16-9-5-2-6-10-16/h1-10,17H,11-14H2,(H,22,23,25). The van der Waals surface area contributed by atoms with Crippen molar-refractivity contribution in [2.45, 2.75) is 19.3 Å². The molecule has 146 valence electrons. The summed E-state index contributed by atoms with van der Waals surface area (Å²) in [7, 11) is 0. The third kappa shape index (κ3) is 5.23. The van der Waals surface area contributed by atoms with Crippen LogP contribution in [0.5, 0.6) is 0 Å². The summed E-state index contributed by atoms with van der Waals surface area (Å²) in [6.45, 7) is 0.493. The van der Waals surface area contributed by atoms with E-state index in [9.17, 15) is 9.59 Å². The van der Waals surface area contributed by atoms with Crippen LogP contribution in [-0.4, -0.2) is 41.5 Å². The van der Waals surface area contributed by atoms with Crippen LogP contribution >= 0.6 is 11.6 Å². The summed E-state index contributed by atoms with van der Waals surface area (Å²) in [4.78, 5) is 30.1. The van der Waals surface area contributed by atoms with E-state index in [-0.39, 0.29) is 31.6 Å². The molecular formula is C20H20ClN3O4. The number of alkyl carbamates (subject to hydrolysis) is 1. The van der Waals surface area contributed by atoms with Crippen molar-refractivity contribution in [2.75, 3.05) is 12.4 Å². The van der Waals surface area contributed by atoms with E-state index in [1.807, 2.05) is 60.7 Å². The van der Waals surface area contributed by atoms with Crippen LogP contribution in [0.15, 0.2) is 65.7 Å². The van der Waals surface area contributed by atoms with E-state index in [1.165, 1.54) is 4.90 Å². The lowest BCUT2D eigenvalue weighted by molar-refractivity contribution is 0.110. The molecule has 0 bridgehead atoms. The highest BCUT2D eigenvalue weighted by molar-refractivity contribution is 6.19. The maximum Gasteiger partial charge on any atom is 0.417 e. The minimum atomic E-state index is -0.710. The normalized spacial score (nSPS) is 15.7. The topological polar surface area (TPSA) is 80.2 Å². The fourth-order valence-corrected chi connectivity index (χ4v) is 2.85.